The molecule has 0 spiro atoms. The molecular weight excluding hydrogens is 299 g/mol. The summed E-state index contributed by atoms with van der Waals surface area (Å²) in [6.07, 6.45) is 5.37. The quantitative estimate of drug-likeness (QED) is 0.634. The zero-order chi connectivity index (χ0) is 16.6. The summed E-state index contributed by atoms with van der Waals surface area (Å²) in [4.78, 5) is 24.0. The van der Waals surface area contributed by atoms with E-state index in [0.29, 0.717) is 24.2 Å². The fraction of sp³-hybridized carbons (Fsp3) is 0.333. The number of rotatable bonds is 3. The highest BCUT2D eigenvalue weighted by Gasteiger charge is 2.29. The van der Waals surface area contributed by atoms with Gasteiger partial charge in [-0.05, 0) is 18.1 Å². The van der Waals surface area contributed by atoms with Crippen molar-refractivity contribution in [1.82, 2.24) is 19.7 Å². The van der Waals surface area contributed by atoms with Gasteiger partial charge in [-0.2, -0.15) is 5.10 Å². The van der Waals surface area contributed by atoms with Crippen LogP contribution in [0.25, 0.3) is 0 Å². The molecule has 1 aliphatic heterocycles. The first-order valence-corrected chi connectivity index (χ1v) is 7.16. The Kier molecular flexibility index (Phi) is 3.81. The molecule has 0 unspecified atom stereocenters. The highest BCUT2D eigenvalue weighted by Crippen LogP contribution is 2.26. The van der Waals surface area contributed by atoms with Crippen molar-refractivity contribution < 1.29 is 9.18 Å². The lowest BCUT2D eigenvalue weighted by molar-refractivity contribution is 0.0975. The van der Waals surface area contributed by atoms with Crippen LogP contribution in [-0.4, -0.2) is 52.6 Å². The van der Waals surface area contributed by atoms with E-state index in [9.17, 15) is 9.18 Å². The minimum Gasteiger partial charge on any atom is -0.369 e. The van der Waals surface area contributed by atoms with Crippen LogP contribution in [0.1, 0.15) is 16.1 Å². The Labute approximate surface area is 133 Å². The predicted molar refractivity (Wildman–Crippen MR) is 84.6 cm³/mol. The van der Waals surface area contributed by atoms with Crippen molar-refractivity contribution in [3.8, 4) is 0 Å². The molecule has 0 saturated heterocycles. The van der Waals surface area contributed by atoms with Gasteiger partial charge in [-0.3, -0.25) is 9.48 Å². The first kappa shape index (κ1) is 15.1. The van der Waals surface area contributed by atoms with Crippen molar-refractivity contribution in [2.45, 2.75) is 6.42 Å². The number of fused-ring (bicyclic) bond motifs is 1. The van der Waals surface area contributed by atoms with Crippen molar-refractivity contribution in [2.75, 3.05) is 25.5 Å². The molecule has 120 valence electrons. The van der Waals surface area contributed by atoms with E-state index in [0.717, 1.165) is 0 Å². The Hall–Kier alpha value is -2.77. The Morgan fingerprint density at radius 1 is 1.43 bits per heavy atom. The Morgan fingerprint density at radius 2 is 2.22 bits per heavy atom. The van der Waals surface area contributed by atoms with Crippen LogP contribution < -0.4 is 4.90 Å². The molecule has 3 heterocycles. The summed E-state index contributed by atoms with van der Waals surface area (Å²) in [6, 6.07) is 1.35. The number of carbonyl (C=O) groups is 1. The standard InChI is InChI=1S/C15H17FN6O/c1-20(2)9-17-14-12(16)6-10-4-5-22(15(23)13(10)19-14)11-7-18-21(3)8-11/h6-9H,4-5H2,1-3H3. The van der Waals surface area contributed by atoms with Gasteiger partial charge in [-0.1, -0.05) is 0 Å². The zero-order valence-electron chi connectivity index (χ0n) is 13.2. The molecule has 8 heteroatoms. The van der Waals surface area contributed by atoms with Gasteiger partial charge in [0.15, 0.2) is 11.6 Å². The van der Waals surface area contributed by atoms with Gasteiger partial charge in [0, 0.05) is 33.9 Å². The highest BCUT2D eigenvalue weighted by molar-refractivity contribution is 6.06. The summed E-state index contributed by atoms with van der Waals surface area (Å²) >= 11 is 0. The number of carbonyl (C=O) groups excluding carboxylic acids is 1. The van der Waals surface area contributed by atoms with Gasteiger partial charge < -0.3 is 9.80 Å². The van der Waals surface area contributed by atoms with Crippen molar-refractivity contribution >= 4 is 23.8 Å². The first-order chi connectivity index (χ1) is 11.0. The lowest BCUT2D eigenvalue weighted by Gasteiger charge is -2.26. The van der Waals surface area contributed by atoms with Crippen LogP contribution in [0.2, 0.25) is 0 Å². The summed E-state index contributed by atoms with van der Waals surface area (Å²) in [6.45, 7) is 0.471. The number of aliphatic imine (C=N–C) groups is 1. The zero-order valence-corrected chi connectivity index (χ0v) is 13.2. The number of amides is 1. The highest BCUT2D eigenvalue weighted by atomic mass is 19.1. The molecule has 1 amide bonds. The lowest BCUT2D eigenvalue weighted by atomic mass is 10.0. The van der Waals surface area contributed by atoms with E-state index in [1.165, 1.54) is 12.4 Å². The molecule has 1 aliphatic rings. The van der Waals surface area contributed by atoms with Gasteiger partial charge in [-0.15, -0.1) is 0 Å². The minimum atomic E-state index is -0.524. The average Bonchev–Trinajstić information content (AvgIpc) is 2.92. The Morgan fingerprint density at radius 3 is 2.87 bits per heavy atom. The molecular formula is C15H17FN6O. The topological polar surface area (TPSA) is 66.6 Å². The van der Waals surface area contributed by atoms with Gasteiger partial charge in [0.1, 0.15) is 5.69 Å². The minimum absolute atomic E-state index is 0.0844. The second-order valence-electron chi connectivity index (χ2n) is 5.59. The largest absolute Gasteiger partial charge is 0.369 e. The van der Waals surface area contributed by atoms with Crippen molar-refractivity contribution in [3.63, 3.8) is 0 Å². The SMILES string of the molecule is CN(C)C=Nc1nc2c(cc1F)CCN(c1cnn(C)c1)C2=O. The van der Waals surface area contributed by atoms with Crippen LogP contribution in [0.3, 0.4) is 0 Å². The van der Waals surface area contributed by atoms with E-state index < -0.39 is 5.82 Å². The van der Waals surface area contributed by atoms with Gasteiger partial charge in [0.05, 0.1) is 18.2 Å². The van der Waals surface area contributed by atoms with Crippen LogP contribution in [0.4, 0.5) is 15.9 Å². The fourth-order valence-electron chi connectivity index (χ4n) is 2.41. The normalized spacial score (nSPS) is 14.4. The van der Waals surface area contributed by atoms with Crippen molar-refractivity contribution in [3.05, 3.63) is 35.5 Å². The molecule has 0 fully saturated rings. The Bertz CT molecular complexity index is 782. The molecule has 23 heavy (non-hydrogen) atoms. The van der Waals surface area contributed by atoms with E-state index >= 15 is 0 Å². The van der Waals surface area contributed by atoms with Crippen molar-refractivity contribution in [2.24, 2.45) is 12.0 Å². The lowest BCUT2D eigenvalue weighted by Crippen LogP contribution is -2.38. The van der Waals surface area contributed by atoms with Gasteiger partial charge in [0.2, 0.25) is 0 Å². The van der Waals surface area contributed by atoms with Crippen LogP contribution in [0.15, 0.2) is 23.5 Å². The predicted octanol–water partition coefficient (Wildman–Crippen LogP) is 1.38. The molecule has 0 radical (unpaired) electrons. The third-order valence-corrected chi connectivity index (χ3v) is 3.50. The number of halogens is 1. The summed E-state index contributed by atoms with van der Waals surface area (Å²) < 4.78 is 15.7. The fourth-order valence-corrected chi connectivity index (χ4v) is 2.41. The molecule has 0 N–H and O–H groups in total. The number of pyridine rings is 1. The number of hydrogen-bond donors (Lipinski definition) is 0. The van der Waals surface area contributed by atoms with E-state index in [-0.39, 0.29) is 17.4 Å². The molecule has 0 bridgehead atoms. The second kappa shape index (κ2) is 5.79. The molecule has 3 rings (SSSR count). The summed E-state index contributed by atoms with van der Waals surface area (Å²) in [5.74, 6) is -0.871. The summed E-state index contributed by atoms with van der Waals surface area (Å²) in [5, 5.41) is 4.08. The average molecular weight is 316 g/mol. The van der Waals surface area contributed by atoms with Gasteiger partial charge in [-0.25, -0.2) is 14.4 Å². The summed E-state index contributed by atoms with van der Waals surface area (Å²) in [5.41, 5.74) is 1.55. The molecule has 0 aromatic carbocycles. The molecule has 7 nitrogen and oxygen atoms in total. The van der Waals surface area contributed by atoms with E-state index in [4.69, 9.17) is 0 Å². The van der Waals surface area contributed by atoms with Crippen LogP contribution in [0, 0.1) is 5.82 Å². The number of nitrogens with zero attached hydrogens (tertiary/aromatic N) is 6. The van der Waals surface area contributed by atoms with Crippen LogP contribution in [-0.2, 0) is 13.5 Å². The maximum atomic E-state index is 14.0. The molecule has 2 aromatic heterocycles. The van der Waals surface area contributed by atoms with Gasteiger partial charge in [0.25, 0.3) is 5.91 Å². The van der Waals surface area contributed by atoms with Crippen LogP contribution >= 0.6 is 0 Å². The number of aromatic nitrogens is 3. The number of hydrogen-bond acceptors (Lipinski definition) is 4. The molecule has 2 aromatic rings. The second-order valence-corrected chi connectivity index (χ2v) is 5.59. The third kappa shape index (κ3) is 2.92. The van der Waals surface area contributed by atoms with Crippen LogP contribution in [0.5, 0.6) is 0 Å². The summed E-state index contributed by atoms with van der Waals surface area (Å²) in [7, 11) is 5.33. The van der Waals surface area contributed by atoms with E-state index in [1.807, 2.05) is 0 Å². The molecule has 0 aliphatic carbocycles. The van der Waals surface area contributed by atoms with Crippen molar-refractivity contribution in [1.29, 1.82) is 0 Å². The Balaban J connectivity index is 1.97. The molecule has 0 saturated carbocycles. The number of anilines is 1. The van der Waals surface area contributed by atoms with E-state index in [2.05, 4.69) is 15.1 Å². The third-order valence-electron chi connectivity index (χ3n) is 3.50. The van der Waals surface area contributed by atoms with Gasteiger partial charge >= 0.3 is 0 Å². The maximum Gasteiger partial charge on any atom is 0.277 e. The smallest absolute Gasteiger partial charge is 0.277 e. The molecule has 0 atom stereocenters. The van der Waals surface area contributed by atoms with E-state index in [1.54, 1.807) is 48.0 Å². The first-order valence-electron chi connectivity index (χ1n) is 7.16. The maximum absolute atomic E-state index is 14.0. The monoisotopic (exact) mass is 316 g/mol. The number of aryl methyl sites for hydroxylation is 1.